The van der Waals surface area contributed by atoms with Crippen LogP contribution in [0.1, 0.15) is 22.0 Å². The van der Waals surface area contributed by atoms with Gasteiger partial charge in [0, 0.05) is 34.2 Å². The van der Waals surface area contributed by atoms with Crippen LogP contribution in [-0.2, 0) is 0 Å². The first-order chi connectivity index (χ1) is 8.17. The molecule has 0 aromatic carbocycles. The fraction of sp³-hybridized carbons (Fsp3) is 0.273. The molecule has 3 N–H and O–H groups in total. The Morgan fingerprint density at radius 2 is 2.29 bits per heavy atom. The number of pyridine rings is 1. The van der Waals surface area contributed by atoms with E-state index < -0.39 is 12.2 Å². The van der Waals surface area contributed by atoms with Crippen molar-refractivity contribution in [3.63, 3.8) is 0 Å². The second kappa shape index (κ2) is 4.95. The largest absolute Gasteiger partial charge is 0.389 e. The molecular formula is C11H11BrN2O3. The number of halogens is 1. The van der Waals surface area contributed by atoms with Gasteiger partial charge in [-0.25, -0.2) is 4.98 Å². The zero-order valence-electron chi connectivity index (χ0n) is 8.80. The van der Waals surface area contributed by atoms with E-state index in [4.69, 9.17) is 0 Å². The fourth-order valence-electron chi connectivity index (χ4n) is 1.61. The number of aliphatic hydroxyl groups excluding tert-OH is 2. The van der Waals surface area contributed by atoms with E-state index in [1.165, 1.54) is 6.20 Å². The van der Waals surface area contributed by atoms with E-state index >= 15 is 0 Å². The standard InChI is InChI=1S/C11H11BrN2O3/c12-2-9(16)10(17)6-1-8-7(5-15)4-14-11(8)13-3-6/h1,3-5,9-10,16-17H,2H2,(H,13,14). The molecule has 2 aromatic rings. The second-order valence-corrected chi connectivity index (χ2v) is 4.34. The minimum Gasteiger partial charge on any atom is -0.389 e. The molecule has 0 saturated carbocycles. The molecule has 0 aliphatic rings. The lowest BCUT2D eigenvalue weighted by Crippen LogP contribution is -2.19. The molecule has 0 saturated heterocycles. The van der Waals surface area contributed by atoms with Crippen LogP contribution in [0.25, 0.3) is 11.0 Å². The van der Waals surface area contributed by atoms with Gasteiger partial charge in [-0.1, -0.05) is 15.9 Å². The van der Waals surface area contributed by atoms with Gasteiger partial charge < -0.3 is 15.2 Å². The van der Waals surface area contributed by atoms with E-state index in [0.717, 1.165) is 6.29 Å². The third-order valence-corrected chi connectivity index (χ3v) is 3.24. The first-order valence-electron chi connectivity index (χ1n) is 5.01. The molecule has 0 radical (unpaired) electrons. The number of aromatic amines is 1. The van der Waals surface area contributed by atoms with Crippen LogP contribution in [0.3, 0.4) is 0 Å². The van der Waals surface area contributed by atoms with Gasteiger partial charge in [-0.05, 0) is 6.07 Å². The highest BCUT2D eigenvalue weighted by Crippen LogP contribution is 2.22. The molecule has 2 unspecified atom stereocenters. The number of carbonyl (C=O) groups is 1. The van der Waals surface area contributed by atoms with E-state index in [1.807, 2.05) is 0 Å². The summed E-state index contributed by atoms with van der Waals surface area (Å²) in [4.78, 5) is 17.7. The lowest BCUT2D eigenvalue weighted by molar-refractivity contribution is 0.0341. The molecular weight excluding hydrogens is 288 g/mol. The molecule has 2 rings (SSSR count). The Morgan fingerprint density at radius 3 is 2.94 bits per heavy atom. The van der Waals surface area contributed by atoms with Gasteiger partial charge in [0.25, 0.3) is 0 Å². The van der Waals surface area contributed by atoms with E-state index in [-0.39, 0.29) is 5.33 Å². The molecule has 5 nitrogen and oxygen atoms in total. The van der Waals surface area contributed by atoms with E-state index in [0.29, 0.717) is 22.2 Å². The number of alkyl halides is 1. The smallest absolute Gasteiger partial charge is 0.152 e. The van der Waals surface area contributed by atoms with Gasteiger partial charge in [-0.15, -0.1) is 0 Å². The first-order valence-corrected chi connectivity index (χ1v) is 6.13. The number of rotatable bonds is 4. The van der Waals surface area contributed by atoms with Gasteiger partial charge in [0.2, 0.25) is 0 Å². The van der Waals surface area contributed by atoms with Gasteiger partial charge in [0.1, 0.15) is 11.8 Å². The quantitative estimate of drug-likeness (QED) is 0.584. The number of aromatic nitrogens is 2. The highest BCUT2D eigenvalue weighted by Gasteiger charge is 2.18. The Balaban J connectivity index is 2.45. The van der Waals surface area contributed by atoms with Crippen LogP contribution in [0, 0.1) is 0 Å². The summed E-state index contributed by atoms with van der Waals surface area (Å²) in [5, 5.41) is 20.3. The van der Waals surface area contributed by atoms with Crippen LogP contribution >= 0.6 is 15.9 Å². The zero-order valence-corrected chi connectivity index (χ0v) is 10.4. The number of nitrogens with zero attached hydrogens (tertiary/aromatic N) is 1. The Morgan fingerprint density at radius 1 is 1.53 bits per heavy atom. The van der Waals surface area contributed by atoms with Crippen LogP contribution in [0.4, 0.5) is 0 Å². The maximum absolute atomic E-state index is 10.8. The maximum Gasteiger partial charge on any atom is 0.152 e. The lowest BCUT2D eigenvalue weighted by Gasteiger charge is -2.15. The van der Waals surface area contributed by atoms with Crippen LogP contribution in [0.15, 0.2) is 18.5 Å². The van der Waals surface area contributed by atoms with Crippen molar-refractivity contribution in [3.8, 4) is 0 Å². The van der Waals surface area contributed by atoms with Crippen LogP contribution < -0.4 is 0 Å². The Bertz CT molecular complexity index is 540. The normalized spacial score (nSPS) is 14.8. The number of hydrogen-bond acceptors (Lipinski definition) is 4. The summed E-state index contributed by atoms with van der Waals surface area (Å²) < 4.78 is 0. The molecule has 6 heteroatoms. The van der Waals surface area contributed by atoms with Crippen LogP contribution in [0.2, 0.25) is 0 Å². The van der Waals surface area contributed by atoms with Crippen molar-refractivity contribution in [2.24, 2.45) is 0 Å². The van der Waals surface area contributed by atoms with Crippen LogP contribution in [-0.4, -0.2) is 37.9 Å². The average molecular weight is 299 g/mol. The number of H-pyrrole nitrogens is 1. The van der Waals surface area contributed by atoms with Crippen molar-refractivity contribution in [2.75, 3.05) is 5.33 Å². The number of fused-ring (bicyclic) bond motifs is 1. The fourth-order valence-corrected chi connectivity index (χ4v) is 1.96. The van der Waals surface area contributed by atoms with E-state index in [2.05, 4.69) is 25.9 Å². The average Bonchev–Trinajstić information content (AvgIpc) is 2.78. The Hall–Kier alpha value is -1.24. The third kappa shape index (κ3) is 2.24. The molecule has 2 atom stereocenters. The molecule has 0 bridgehead atoms. The monoisotopic (exact) mass is 298 g/mol. The molecule has 0 aliphatic carbocycles. The van der Waals surface area contributed by atoms with Crippen molar-refractivity contribution in [1.82, 2.24) is 9.97 Å². The van der Waals surface area contributed by atoms with E-state index in [9.17, 15) is 15.0 Å². The topological polar surface area (TPSA) is 86.2 Å². The van der Waals surface area contributed by atoms with Gasteiger partial charge in [-0.2, -0.15) is 0 Å². The predicted octanol–water partition coefficient (Wildman–Crippen LogP) is 1.16. The number of nitrogens with one attached hydrogen (secondary N) is 1. The Kier molecular flexibility index (Phi) is 3.56. The van der Waals surface area contributed by atoms with Crippen molar-refractivity contribution in [1.29, 1.82) is 0 Å². The molecule has 0 amide bonds. The minimum atomic E-state index is -1.03. The molecule has 2 aromatic heterocycles. The molecule has 0 aliphatic heterocycles. The van der Waals surface area contributed by atoms with Crippen molar-refractivity contribution < 1.29 is 15.0 Å². The number of aldehydes is 1. The second-order valence-electron chi connectivity index (χ2n) is 3.69. The van der Waals surface area contributed by atoms with Crippen LogP contribution in [0.5, 0.6) is 0 Å². The summed E-state index contributed by atoms with van der Waals surface area (Å²) in [7, 11) is 0. The number of hydrogen-bond donors (Lipinski definition) is 3. The predicted molar refractivity (Wildman–Crippen MR) is 66.2 cm³/mol. The summed E-state index contributed by atoms with van der Waals surface area (Å²) in [5.41, 5.74) is 1.54. The van der Waals surface area contributed by atoms with Gasteiger partial charge in [-0.3, -0.25) is 4.79 Å². The van der Waals surface area contributed by atoms with Crippen molar-refractivity contribution >= 4 is 33.2 Å². The third-order valence-electron chi connectivity index (χ3n) is 2.58. The van der Waals surface area contributed by atoms with Crippen molar-refractivity contribution in [3.05, 3.63) is 29.6 Å². The Labute approximate surface area is 106 Å². The molecule has 90 valence electrons. The zero-order chi connectivity index (χ0) is 12.4. The minimum absolute atomic E-state index is 0.264. The maximum atomic E-state index is 10.8. The summed E-state index contributed by atoms with van der Waals surface area (Å²) in [6.45, 7) is 0. The summed E-state index contributed by atoms with van der Waals surface area (Å²) in [6.07, 6.45) is 1.82. The van der Waals surface area contributed by atoms with E-state index in [1.54, 1.807) is 12.3 Å². The lowest BCUT2D eigenvalue weighted by atomic mass is 10.1. The van der Waals surface area contributed by atoms with Gasteiger partial charge in [0.15, 0.2) is 6.29 Å². The summed E-state index contributed by atoms with van der Waals surface area (Å²) in [6, 6.07) is 1.65. The molecule has 2 heterocycles. The summed E-state index contributed by atoms with van der Waals surface area (Å²) in [5.74, 6) is 0. The summed E-state index contributed by atoms with van der Waals surface area (Å²) >= 11 is 3.09. The molecule has 0 spiro atoms. The molecule has 17 heavy (non-hydrogen) atoms. The first kappa shape index (κ1) is 12.2. The highest BCUT2D eigenvalue weighted by atomic mass is 79.9. The van der Waals surface area contributed by atoms with Gasteiger partial charge >= 0.3 is 0 Å². The van der Waals surface area contributed by atoms with Gasteiger partial charge in [0.05, 0.1) is 6.10 Å². The number of carbonyl (C=O) groups excluding carboxylic acids is 1. The molecule has 0 fully saturated rings. The highest BCUT2D eigenvalue weighted by molar-refractivity contribution is 9.09. The number of aliphatic hydroxyl groups is 2. The van der Waals surface area contributed by atoms with Crippen molar-refractivity contribution in [2.45, 2.75) is 12.2 Å². The SMILES string of the molecule is O=Cc1c[nH]c2ncc(C(O)C(O)CBr)cc12.